The Morgan fingerprint density at radius 2 is 2.21 bits per heavy atom. The molecule has 0 aliphatic rings. The topological polar surface area (TPSA) is 46.5 Å². The molecule has 5 heteroatoms. The van der Waals surface area contributed by atoms with Gasteiger partial charge in [0.05, 0.1) is 7.11 Å². The van der Waals surface area contributed by atoms with Gasteiger partial charge in [-0.25, -0.2) is 9.18 Å². The van der Waals surface area contributed by atoms with E-state index in [0.717, 1.165) is 19.2 Å². The third-order valence-electron chi connectivity index (χ3n) is 1.63. The first-order valence-corrected chi connectivity index (χ1v) is 4.14. The largest absolute Gasteiger partial charge is 0.467 e. The number of ether oxygens (including phenoxy) is 1. The lowest BCUT2D eigenvalue weighted by Gasteiger charge is -2.08. The quantitative estimate of drug-likeness (QED) is 0.769. The van der Waals surface area contributed by atoms with Crippen LogP contribution in [0.25, 0.3) is 0 Å². The molecule has 0 saturated carbocycles. The average Bonchev–Trinajstić information content (AvgIpc) is 2.14. The zero-order valence-corrected chi connectivity index (χ0v) is 8.08. The van der Waals surface area contributed by atoms with Gasteiger partial charge >= 0.3 is 5.97 Å². The van der Waals surface area contributed by atoms with Crippen LogP contribution in [0.4, 0.5) is 4.39 Å². The second-order valence-electron chi connectivity index (χ2n) is 2.63. The number of benzene rings is 1. The van der Waals surface area contributed by atoms with Gasteiger partial charge in [0.1, 0.15) is 5.82 Å². The molecule has 0 bridgehead atoms. The maximum atomic E-state index is 12.8. The molecule has 0 heterocycles. The summed E-state index contributed by atoms with van der Waals surface area (Å²) in [5.74, 6) is -1.47. The molecule has 0 spiro atoms. The number of hydrogen-bond donors (Lipinski definition) is 1. The highest BCUT2D eigenvalue weighted by Crippen LogP contribution is 2.20. The van der Waals surface area contributed by atoms with Gasteiger partial charge in [0.2, 0.25) is 0 Å². The van der Waals surface area contributed by atoms with Gasteiger partial charge in [-0.2, -0.15) is 0 Å². The first-order valence-electron chi connectivity index (χ1n) is 3.76. The average molecular weight is 219 g/mol. The van der Waals surface area contributed by atoms with Gasteiger partial charge in [0, 0.05) is 5.02 Å². The Hall–Kier alpha value is -1.13. The number of hydrogen-bond acceptors (Lipinski definition) is 3. The molecule has 3 nitrogen and oxygen atoms in total. The standard InChI is InChI=1S/C9H8ClFO3/c1-14-9(13)8(12)5-2-6(10)4-7(11)3-5/h2-4,8,12H,1H3. The number of aliphatic hydroxyl groups excluding tert-OH is 1. The van der Waals surface area contributed by atoms with E-state index >= 15 is 0 Å². The summed E-state index contributed by atoms with van der Waals surface area (Å²) in [6.07, 6.45) is -1.51. The molecule has 0 aromatic heterocycles. The predicted octanol–water partition coefficient (Wildman–Crippen LogP) is 1.69. The van der Waals surface area contributed by atoms with E-state index in [9.17, 15) is 14.3 Å². The van der Waals surface area contributed by atoms with Crippen molar-refractivity contribution in [1.82, 2.24) is 0 Å². The van der Waals surface area contributed by atoms with E-state index in [2.05, 4.69) is 4.74 Å². The molecule has 14 heavy (non-hydrogen) atoms. The van der Waals surface area contributed by atoms with E-state index in [1.165, 1.54) is 6.07 Å². The summed E-state index contributed by atoms with van der Waals surface area (Å²) in [5.41, 5.74) is 0.0712. The van der Waals surface area contributed by atoms with Gasteiger partial charge in [-0.3, -0.25) is 0 Å². The summed E-state index contributed by atoms with van der Waals surface area (Å²) >= 11 is 5.54. The molecule has 1 aromatic rings. The number of carbonyl (C=O) groups excluding carboxylic acids is 1. The lowest BCUT2D eigenvalue weighted by molar-refractivity contribution is -0.150. The normalized spacial score (nSPS) is 12.3. The van der Waals surface area contributed by atoms with Crippen molar-refractivity contribution in [2.75, 3.05) is 7.11 Å². The van der Waals surface area contributed by atoms with E-state index in [0.29, 0.717) is 0 Å². The fourth-order valence-electron chi connectivity index (χ4n) is 0.981. The smallest absolute Gasteiger partial charge is 0.339 e. The van der Waals surface area contributed by atoms with Gasteiger partial charge in [-0.05, 0) is 23.8 Å². The minimum absolute atomic E-state index is 0.0712. The van der Waals surface area contributed by atoms with Crippen LogP contribution in [0.5, 0.6) is 0 Å². The second kappa shape index (κ2) is 4.39. The first-order chi connectivity index (χ1) is 6.54. The van der Waals surface area contributed by atoms with E-state index in [-0.39, 0.29) is 10.6 Å². The number of methoxy groups -OCH3 is 1. The number of esters is 1. The Labute approximate surface area is 85.1 Å². The number of aliphatic hydroxyl groups is 1. The van der Waals surface area contributed by atoms with Crippen LogP contribution >= 0.6 is 11.6 Å². The summed E-state index contributed by atoms with van der Waals surface area (Å²) in [6.45, 7) is 0. The van der Waals surface area contributed by atoms with Crippen molar-refractivity contribution in [2.45, 2.75) is 6.10 Å². The molecule has 0 amide bonds. The van der Waals surface area contributed by atoms with Crippen LogP contribution in [0.15, 0.2) is 18.2 Å². The third kappa shape index (κ3) is 2.43. The first kappa shape index (κ1) is 10.9. The van der Waals surface area contributed by atoms with Crippen LogP contribution in [0.2, 0.25) is 5.02 Å². The molecule has 1 N–H and O–H groups in total. The van der Waals surface area contributed by atoms with Crippen molar-refractivity contribution in [3.63, 3.8) is 0 Å². The molecule has 0 fully saturated rings. The van der Waals surface area contributed by atoms with Gasteiger partial charge < -0.3 is 9.84 Å². The second-order valence-corrected chi connectivity index (χ2v) is 3.06. The van der Waals surface area contributed by atoms with Crippen molar-refractivity contribution in [2.24, 2.45) is 0 Å². The van der Waals surface area contributed by atoms with E-state index < -0.39 is 17.9 Å². The summed E-state index contributed by atoms with van der Waals surface area (Å²) in [6, 6.07) is 3.40. The Balaban J connectivity index is 3.00. The van der Waals surface area contributed by atoms with Crippen molar-refractivity contribution >= 4 is 17.6 Å². The van der Waals surface area contributed by atoms with E-state index in [1.54, 1.807) is 0 Å². The molecule has 1 aromatic carbocycles. The maximum Gasteiger partial charge on any atom is 0.339 e. The molecule has 1 atom stereocenters. The van der Waals surface area contributed by atoms with Crippen LogP contribution in [0, 0.1) is 5.82 Å². The maximum absolute atomic E-state index is 12.8. The zero-order chi connectivity index (χ0) is 10.7. The Morgan fingerprint density at radius 3 is 2.71 bits per heavy atom. The Morgan fingerprint density at radius 1 is 1.57 bits per heavy atom. The molecule has 1 unspecified atom stereocenters. The monoisotopic (exact) mass is 218 g/mol. The van der Waals surface area contributed by atoms with Crippen LogP contribution in [-0.4, -0.2) is 18.2 Å². The van der Waals surface area contributed by atoms with Crippen LogP contribution in [0.1, 0.15) is 11.7 Å². The van der Waals surface area contributed by atoms with Crippen molar-refractivity contribution in [3.8, 4) is 0 Å². The molecule has 0 radical (unpaired) electrons. The van der Waals surface area contributed by atoms with Gasteiger partial charge in [0.15, 0.2) is 6.10 Å². The van der Waals surface area contributed by atoms with Crippen molar-refractivity contribution < 1.29 is 19.0 Å². The van der Waals surface area contributed by atoms with Gasteiger partial charge in [0.25, 0.3) is 0 Å². The summed E-state index contributed by atoms with van der Waals surface area (Å²) in [4.78, 5) is 10.9. The third-order valence-corrected chi connectivity index (χ3v) is 1.84. The van der Waals surface area contributed by atoms with Gasteiger partial charge in [-0.15, -0.1) is 0 Å². The number of rotatable bonds is 2. The highest BCUT2D eigenvalue weighted by atomic mass is 35.5. The Kier molecular flexibility index (Phi) is 3.43. The SMILES string of the molecule is COC(=O)C(O)c1cc(F)cc(Cl)c1. The lowest BCUT2D eigenvalue weighted by Crippen LogP contribution is -2.13. The minimum Gasteiger partial charge on any atom is -0.467 e. The molecule has 76 valence electrons. The fraction of sp³-hybridized carbons (Fsp3) is 0.222. The van der Waals surface area contributed by atoms with E-state index in [4.69, 9.17) is 11.6 Å². The molecule has 0 aliphatic heterocycles. The number of carbonyl (C=O) groups is 1. The molecule has 0 aliphatic carbocycles. The summed E-state index contributed by atoms with van der Waals surface area (Å²) in [5, 5.41) is 9.45. The molecule has 1 rings (SSSR count). The number of halogens is 2. The van der Waals surface area contributed by atoms with E-state index in [1.807, 2.05) is 0 Å². The highest BCUT2D eigenvalue weighted by Gasteiger charge is 2.18. The molecular weight excluding hydrogens is 211 g/mol. The van der Waals surface area contributed by atoms with Gasteiger partial charge in [-0.1, -0.05) is 11.6 Å². The fourth-order valence-corrected chi connectivity index (χ4v) is 1.21. The summed E-state index contributed by atoms with van der Waals surface area (Å²) < 4.78 is 17.1. The lowest BCUT2D eigenvalue weighted by atomic mass is 10.1. The molecular formula is C9H8ClFO3. The zero-order valence-electron chi connectivity index (χ0n) is 7.33. The van der Waals surface area contributed by atoms with Crippen LogP contribution < -0.4 is 0 Å². The minimum atomic E-state index is -1.51. The predicted molar refractivity (Wildman–Crippen MR) is 48.4 cm³/mol. The van der Waals surface area contributed by atoms with Crippen molar-refractivity contribution in [3.05, 3.63) is 34.6 Å². The summed E-state index contributed by atoms with van der Waals surface area (Å²) in [7, 11) is 1.13. The van der Waals surface area contributed by atoms with Crippen LogP contribution in [-0.2, 0) is 9.53 Å². The molecule has 0 saturated heterocycles. The Bertz CT molecular complexity index is 334. The highest BCUT2D eigenvalue weighted by molar-refractivity contribution is 6.30. The van der Waals surface area contributed by atoms with Crippen LogP contribution in [0.3, 0.4) is 0 Å². The van der Waals surface area contributed by atoms with Crippen molar-refractivity contribution in [1.29, 1.82) is 0 Å².